The topological polar surface area (TPSA) is 87.5 Å². The molecule has 0 radical (unpaired) electrons. The van der Waals surface area contributed by atoms with Crippen LogP contribution in [0.4, 0.5) is 5.69 Å². The summed E-state index contributed by atoms with van der Waals surface area (Å²) < 4.78 is 1.04. The van der Waals surface area contributed by atoms with Crippen molar-refractivity contribution in [2.45, 2.75) is 23.5 Å². The molecule has 2 N–H and O–H groups in total. The number of aromatic hydroxyl groups is 1. The molecule has 0 aliphatic carbocycles. The van der Waals surface area contributed by atoms with Gasteiger partial charge in [-0.1, -0.05) is 29.8 Å². The maximum absolute atomic E-state index is 12.9. The molecule has 2 aromatic heterocycles. The highest BCUT2D eigenvalue weighted by Crippen LogP contribution is 2.47. The van der Waals surface area contributed by atoms with Crippen molar-refractivity contribution < 1.29 is 5.11 Å². The lowest BCUT2D eigenvalue weighted by atomic mass is 10.1. The third kappa shape index (κ3) is 4.17. The van der Waals surface area contributed by atoms with Gasteiger partial charge in [-0.05, 0) is 49.4 Å². The van der Waals surface area contributed by atoms with Crippen LogP contribution in [0.25, 0.3) is 5.69 Å². The Balaban J connectivity index is 1.72. The van der Waals surface area contributed by atoms with Crippen LogP contribution in [0.5, 0.6) is 5.88 Å². The molecule has 0 amide bonds. The normalized spacial score (nSPS) is 15.6. The van der Waals surface area contributed by atoms with Crippen LogP contribution in [0.3, 0.4) is 0 Å². The number of rotatable bonds is 3. The maximum atomic E-state index is 12.9. The molecule has 0 saturated carbocycles. The molecule has 1 atom stereocenters. The fourth-order valence-corrected chi connectivity index (χ4v) is 6.26. The first-order valence-corrected chi connectivity index (χ1v) is 12.2. The lowest BCUT2D eigenvalue weighted by molar-refractivity contribution is 0.429. The first-order chi connectivity index (χ1) is 15.9. The van der Waals surface area contributed by atoms with Crippen molar-refractivity contribution in [3.63, 3.8) is 0 Å². The quantitative estimate of drug-likeness (QED) is 0.386. The lowest BCUT2D eigenvalue weighted by Crippen LogP contribution is -2.33. The Kier molecular flexibility index (Phi) is 5.74. The van der Waals surface area contributed by atoms with E-state index < -0.39 is 17.1 Å². The molecule has 4 aromatic rings. The van der Waals surface area contributed by atoms with E-state index in [1.54, 1.807) is 47.4 Å². The summed E-state index contributed by atoms with van der Waals surface area (Å²) in [5, 5.41) is 11.6. The molecule has 33 heavy (non-hydrogen) atoms. The second kappa shape index (κ2) is 8.70. The number of para-hydroxylation sites is 1. The standard InChI is InChI=1S/C24H18ClN3O3S2/c1-13-9-10-19(32-13)20-12-17(26-16-7-2-3-8-18(16)33-20)21-22(29)27-24(31)28(23(21)30)15-6-4-5-14(25)11-15/h2-11,20,30H,12H2,1H3,(H,27,29,31)/t20-/m1/s1. The predicted molar refractivity (Wildman–Crippen MR) is 134 cm³/mol. The van der Waals surface area contributed by atoms with E-state index >= 15 is 0 Å². The van der Waals surface area contributed by atoms with Gasteiger partial charge in [0.2, 0.25) is 5.88 Å². The number of nitrogens with zero attached hydrogens (tertiary/aromatic N) is 2. The van der Waals surface area contributed by atoms with E-state index in [4.69, 9.17) is 16.6 Å². The summed E-state index contributed by atoms with van der Waals surface area (Å²) in [6, 6.07) is 18.4. The van der Waals surface area contributed by atoms with E-state index in [2.05, 4.69) is 24.0 Å². The van der Waals surface area contributed by atoms with E-state index in [0.29, 0.717) is 28.5 Å². The zero-order valence-corrected chi connectivity index (χ0v) is 19.8. The molecule has 0 fully saturated rings. The molecule has 2 aromatic carbocycles. The number of thiophene rings is 1. The van der Waals surface area contributed by atoms with E-state index in [9.17, 15) is 14.7 Å². The van der Waals surface area contributed by atoms with Gasteiger partial charge in [-0.15, -0.1) is 23.1 Å². The van der Waals surface area contributed by atoms with Crippen LogP contribution >= 0.6 is 34.7 Å². The molecule has 1 aliphatic heterocycles. The first kappa shape index (κ1) is 21.8. The number of aliphatic imine (C=N–C) groups is 1. The minimum atomic E-state index is -0.752. The number of H-pyrrole nitrogens is 1. The summed E-state index contributed by atoms with van der Waals surface area (Å²) in [4.78, 5) is 36.0. The molecule has 0 unspecified atom stereocenters. The smallest absolute Gasteiger partial charge is 0.335 e. The minimum absolute atomic E-state index is 0.00329. The fraction of sp³-hybridized carbons (Fsp3) is 0.125. The van der Waals surface area contributed by atoms with Crippen molar-refractivity contribution in [2.75, 3.05) is 0 Å². The van der Waals surface area contributed by atoms with Crippen LogP contribution in [0.15, 0.2) is 80.1 Å². The molecule has 6 nitrogen and oxygen atoms in total. The molecule has 9 heteroatoms. The summed E-state index contributed by atoms with van der Waals surface area (Å²) >= 11 is 9.46. The predicted octanol–water partition coefficient (Wildman–Crippen LogP) is 5.61. The van der Waals surface area contributed by atoms with Crippen molar-refractivity contribution in [3.05, 3.63) is 102 Å². The fourth-order valence-electron chi connectivity index (χ4n) is 3.79. The number of aromatic nitrogens is 2. The Labute approximate surface area is 202 Å². The second-order valence-corrected chi connectivity index (χ2v) is 10.6. The summed E-state index contributed by atoms with van der Waals surface area (Å²) in [5.41, 5.74) is 0.0191. The van der Waals surface area contributed by atoms with Gasteiger partial charge in [-0.3, -0.25) is 14.8 Å². The number of aryl methyl sites for hydroxylation is 1. The molecular weight excluding hydrogens is 478 g/mol. The van der Waals surface area contributed by atoms with Crippen LogP contribution in [0, 0.1) is 6.92 Å². The van der Waals surface area contributed by atoms with E-state index in [0.717, 1.165) is 14.3 Å². The third-order valence-electron chi connectivity index (χ3n) is 5.29. The number of halogens is 1. The summed E-state index contributed by atoms with van der Waals surface area (Å²) in [6.07, 6.45) is 0.406. The first-order valence-electron chi connectivity index (χ1n) is 10.1. The molecular formula is C24H18ClN3O3S2. The number of aromatic amines is 1. The highest BCUT2D eigenvalue weighted by atomic mass is 35.5. The summed E-state index contributed by atoms with van der Waals surface area (Å²) in [7, 11) is 0. The minimum Gasteiger partial charge on any atom is -0.493 e. The molecule has 3 heterocycles. The lowest BCUT2D eigenvalue weighted by Gasteiger charge is -2.16. The average Bonchev–Trinajstić information content (AvgIpc) is 3.11. The highest BCUT2D eigenvalue weighted by Gasteiger charge is 2.28. The molecule has 0 bridgehead atoms. The van der Waals surface area contributed by atoms with Gasteiger partial charge in [0.15, 0.2) is 0 Å². The Morgan fingerprint density at radius 3 is 2.70 bits per heavy atom. The van der Waals surface area contributed by atoms with Gasteiger partial charge in [0.1, 0.15) is 5.56 Å². The molecule has 0 saturated heterocycles. The number of thioether (sulfide) groups is 1. The van der Waals surface area contributed by atoms with Crippen LogP contribution in [-0.4, -0.2) is 20.4 Å². The van der Waals surface area contributed by atoms with Crippen LogP contribution in [0.1, 0.15) is 27.0 Å². The van der Waals surface area contributed by atoms with E-state index in [1.807, 2.05) is 24.3 Å². The van der Waals surface area contributed by atoms with Crippen molar-refractivity contribution in [1.82, 2.24) is 9.55 Å². The Bertz CT molecular complexity index is 1520. The average molecular weight is 496 g/mol. The Hall–Kier alpha value is -3.07. The van der Waals surface area contributed by atoms with Crippen molar-refractivity contribution in [1.29, 1.82) is 0 Å². The molecule has 0 spiro atoms. The van der Waals surface area contributed by atoms with Crippen LogP contribution < -0.4 is 11.2 Å². The van der Waals surface area contributed by atoms with Crippen molar-refractivity contribution >= 4 is 46.1 Å². The van der Waals surface area contributed by atoms with E-state index in [1.165, 1.54) is 4.88 Å². The molecule has 1 aliphatic rings. The monoisotopic (exact) mass is 495 g/mol. The zero-order valence-electron chi connectivity index (χ0n) is 17.4. The summed E-state index contributed by atoms with van der Waals surface area (Å²) in [6.45, 7) is 2.05. The number of fused-ring (bicyclic) bond motifs is 1. The van der Waals surface area contributed by atoms with Crippen molar-refractivity contribution in [2.24, 2.45) is 4.99 Å². The van der Waals surface area contributed by atoms with Gasteiger partial charge >= 0.3 is 5.69 Å². The molecule has 166 valence electrons. The Morgan fingerprint density at radius 1 is 1.12 bits per heavy atom. The number of hydrogen-bond acceptors (Lipinski definition) is 6. The van der Waals surface area contributed by atoms with Gasteiger partial charge < -0.3 is 5.11 Å². The molecule has 5 rings (SSSR count). The van der Waals surface area contributed by atoms with Gasteiger partial charge in [0.05, 0.1) is 17.1 Å². The zero-order chi connectivity index (χ0) is 23.1. The van der Waals surface area contributed by atoms with Gasteiger partial charge in [0, 0.05) is 31.3 Å². The number of hydrogen-bond donors (Lipinski definition) is 2. The van der Waals surface area contributed by atoms with Gasteiger partial charge in [0.25, 0.3) is 5.56 Å². The second-order valence-electron chi connectivity index (χ2n) is 7.56. The third-order valence-corrected chi connectivity index (χ3v) is 8.09. The Morgan fingerprint density at radius 2 is 1.94 bits per heavy atom. The van der Waals surface area contributed by atoms with Crippen molar-refractivity contribution in [3.8, 4) is 11.6 Å². The van der Waals surface area contributed by atoms with Gasteiger partial charge in [-0.2, -0.15) is 0 Å². The van der Waals surface area contributed by atoms with Crippen LogP contribution in [0.2, 0.25) is 5.02 Å². The number of nitrogens with one attached hydrogen (secondary N) is 1. The van der Waals surface area contributed by atoms with Gasteiger partial charge in [-0.25, -0.2) is 9.36 Å². The highest BCUT2D eigenvalue weighted by molar-refractivity contribution is 7.99. The summed E-state index contributed by atoms with van der Waals surface area (Å²) in [5.74, 6) is -0.463. The van der Waals surface area contributed by atoms with Crippen LogP contribution in [-0.2, 0) is 0 Å². The largest absolute Gasteiger partial charge is 0.493 e. The SMILES string of the molecule is Cc1ccc([C@H]2CC(c3c(O)n(-c4cccc(Cl)c4)c(=O)[nH]c3=O)=Nc3ccccc3S2)s1. The maximum Gasteiger partial charge on any atom is 0.335 e. The van der Waals surface area contributed by atoms with E-state index in [-0.39, 0.29) is 10.8 Å². The number of benzene rings is 2.